The lowest BCUT2D eigenvalue weighted by Crippen LogP contribution is -2.49. The van der Waals surface area contributed by atoms with E-state index >= 15 is 0 Å². The summed E-state index contributed by atoms with van der Waals surface area (Å²) in [6.07, 6.45) is 1.18. The van der Waals surface area contributed by atoms with Crippen LogP contribution in [0.5, 0.6) is 0 Å². The number of fused-ring (bicyclic) bond motifs is 1. The van der Waals surface area contributed by atoms with Gasteiger partial charge in [-0.3, -0.25) is 4.79 Å². The van der Waals surface area contributed by atoms with Crippen LogP contribution in [0.1, 0.15) is 45.7 Å². The fourth-order valence-corrected chi connectivity index (χ4v) is 5.19. The minimum Gasteiger partial charge on any atom is -0.492 e. The number of amides is 1. The quantitative estimate of drug-likeness (QED) is 0.476. The second-order valence-corrected chi connectivity index (χ2v) is 11.3. The maximum atomic E-state index is 13.2. The van der Waals surface area contributed by atoms with Crippen LogP contribution in [0, 0.1) is 17.3 Å². The van der Waals surface area contributed by atoms with Gasteiger partial charge in [-0.25, -0.2) is 4.79 Å². The van der Waals surface area contributed by atoms with Gasteiger partial charge in [0, 0.05) is 5.25 Å². The van der Waals surface area contributed by atoms with Crippen molar-refractivity contribution in [3.63, 3.8) is 0 Å². The molecule has 3 rings (SSSR count). The summed E-state index contributed by atoms with van der Waals surface area (Å²) in [6, 6.07) is 3.56. The molecule has 1 aliphatic heterocycles. The highest BCUT2D eigenvalue weighted by molar-refractivity contribution is 8.04. The zero-order valence-corrected chi connectivity index (χ0v) is 21.1. The highest BCUT2D eigenvalue weighted by Gasteiger charge is 2.39. The van der Waals surface area contributed by atoms with Crippen molar-refractivity contribution in [2.75, 3.05) is 0 Å². The van der Waals surface area contributed by atoms with E-state index in [2.05, 4.69) is 25.2 Å². The molecular weight excluding hydrogens is 479 g/mol. The largest absolute Gasteiger partial charge is 0.492 e. The Morgan fingerprint density at radius 3 is 2.29 bits per heavy atom. The molecule has 0 aromatic heterocycles. The molecule has 5 nitrogen and oxygen atoms in total. The van der Waals surface area contributed by atoms with E-state index in [9.17, 15) is 27.9 Å². The third-order valence-electron chi connectivity index (χ3n) is 5.87. The summed E-state index contributed by atoms with van der Waals surface area (Å²) in [5, 5.41) is 12.3. The van der Waals surface area contributed by atoms with Crippen molar-refractivity contribution >= 4 is 23.6 Å². The molecule has 2 unspecified atom stereocenters. The first-order valence-corrected chi connectivity index (χ1v) is 12.2. The third kappa shape index (κ3) is 6.31. The maximum Gasteiger partial charge on any atom is 0.416 e. The van der Waals surface area contributed by atoms with Crippen molar-refractivity contribution in [3.8, 4) is 0 Å². The number of carboxylic acid groups (broad SMARTS) is 1. The monoisotopic (exact) mass is 509 g/mol. The van der Waals surface area contributed by atoms with Crippen molar-refractivity contribution in [1.29, 1.82) is 0 Å². The lowest BCUT2D eigenvalue weighted by molar-refractivity contribution is -0.144. The van der Waals surface area contributed by atoms with E-state index in [1.165, 1.54) is 12.1 Å². The Bertz CT molecular complexity index is 1070. The number of aliphatic carboxylic acids is 1. The molecule has 1 heterocycles. The SMILES string of the molecule is CC(C)C1=CC2C(OCc3ccc(C(F)(F)F)cc3)=C(C(=O)N[C@H](C(=O)O)C(C)(C)C)C=CC2S1. The molecular formula is C26H30F3NO4S. The lowest BCUT2D eigenvalue weighted by Gasteiger charge is -2.30. The van der Waals surface area contributed by atoms with E-state index in [-0.39, 0.29) is 29.3 Å². The molecule has 0 radical (unpaired) electrons. The molecule has 0 spiro atoms. The summed E-state index contributed by atoms with van der Waals surface area (Å²) in [5.74, 6) is -1.29. The fraction of sp³-hybridized carbons (Fsp3) is 0.462. The Balaban J connectivity index is 1.92. The number of carboxylic acids is 1. The van der Waals surface area contributed by atoms with Crippen LogP contribution in [0.3, 0.4) is 0 Å². The van der Waals surface area contributed by atoms with Gasteiger partial charge in [-0.05, 0) is 40.0 Å². The summed E-state index contributed by atoms with van der Waals surface area (Å²) in [5.41, 5.74) is -0.735. The van der Waals surface area contributed by atoms with Gasteiger partial charge in [0.1, 0.15) is 18.4 Å². The molecule has 0 fully saturated rings. The number of nitrogens with one attached hydrogen (secondary N) is 1. The summed E-state index contributed by atoms with van der Waals surface area (Å²) in [4.78, 5) is 26.2. The second-order valence-electron chi connectivity index (χ2n) is 10.1. The number of halogens is 3. The number of allylic oxidation sites excluding steroid dienone is 2. The average molecular weight is 510 g/mol. The van der Waals surface area contributed by atoms with E-state index in [0.717, 1.165) is 17.0 Å². The van der Waals surface area contributed by atoms with Crippen LogP contribution in [0.15, 0.2) is 58.7 Å². The number of thioether (sulfide) groups is 1. The molecule has 0 bridgehead atoms. The predicted molar refractivity (Wildman–Crippen MR) is 129 cm³/mol. The minimum absolute atomic E-state index is 0.0180. The van der Waals surface area contributed by atoms with Crippen molar-refractivity contribution in [3.05, 3.63) is 69.9 Å². The molecule has 0 saturated carbocycles. The maximum absolute atomic E-state index is 13.2. The van der Waals surface area contributed by atoms with E-state index < -0.39 is 35.1 Å². The first kappa shape index (κ1) is 26.9. The minimum atomic E-state index is -4.43. The van der Waals surface area contributed by atoms with Gasteiger partial charge >= 0.3 is 12.1 Å². The molecule has 1 aliphatic carbocycles. The van der Waals surface area contributed by atoms with Gasteiger partial charge in [0.2, 0.25) is 0 Å². The molecule has 35 heavy (non-hydrogen) atoms. The van der Waals surface area contributed by atoms with Crippen LogP contribution < -0.4 is 5.32 Å². The molecule has 2 N–H and O–H groups in total. The summed E-state index contributed by atoms with van der Waals surface area (Å²) in [6.45, 7) is 9.28. The summed E-state index contributed by atoms with van der Waals surface area (Å²) >= 11 is 1.68. The van der Waals surface area contributed by atoms with Crippen molar-refractivity contribution in [2.45, 2.75) is 58.7 Å². The van der Waals surface area contributed by atoms with E-state index in [1.54, 1.807) is 38.6 Å². The number of carbonyl (C=O) groups is 2. The van der Waals surface area contributed by atoms with Crippen LogP contribution >= 0.6 is 11.8 Å². The van der Waals surface area contributed by atoms with Gasteiger partial charge in [0.25, 0.3) is 5.91 Å². The van der Waals surface area contributed by atoms with E-state index in [1.807, 2.05) is 6.08 Å². The Kier molecular flexibility index (Phi) is 7.79. The number of hydrogen-bond donors (Lipinski definition) is 2. The van der Waals surface area contributed by atoms with Crippen molar-refractivity contribution in [1.82, 2.24) is 5.32 Å². The topological polar surface area (TPSA) is 75.6 Å². The van der Waals surface area contributed by atoms with Gasteiger partial charge in [-0.1, -0.05) is 58.9 Å². The van der Waals surface area contributed by atoms with E-state index in [4.69, 9.17) is 4.74 Å². The van der Waals surface area contributed by atoms with Crippen LogP contribution in [0.4, 0.5) is 13.2 Å². The lowest BCUT2D eigenvalue weighted by atomic mass is 9.86. The van der Waals surface area contributed by atoms with Gasteiger partial charge in [-0.15, -0.1) is 11.8 Å². The number of hydrogen-bond acceptors (Lipinski definition) is 4. The Morgan fingerprint density at radius 2 is 1.77 bits per heavy atom. The molecule has 0 saturated heterocycles. The van der Waals surface area contributed by atoms with Crippen LogP contribution in [0.25, 0.3) is 0 Å². The molecule has 9 heteroatoms. The van der Waals surface area contributed by atoms with E-state index in [0.29, 0.717) is 11.3 Å². The van der Waals surface area contributed by atoms with Gasteiger partial charge in [0.15, 0.2) is 0 Å². The number of alkyl halides is 3. The second kappa shape index (κ2) is 10.1. The summed E-state index contributed by atoms with van der Waals surface area (Å²) < 4.78 is 44.7. The van der Waals surface area contributed by atoms with Crippen LogP contribution in [-0.4, -0.2) is 28.3 Å². The summed E-state index contributed by atoms with van der Waals surface area (Å²) in [7, 11) is 0. The highest BCUT2D eigenvalue weighted by Crippen LogP contribution is 2.47. The third-order valence-corrected chi connectivity index (χ3v) is 7.47. The predicted octanol–water partition coefficient (Wildman–Crippen LogP) is 5.93. The normalized spacial score (nSPS) is 21.0. The molecule has 1 amide bonds. The Labute approximate surface area is 207 Å². The van der Waals surface area contributed by atoms with Gasteiger partial charge in [0.05, 0.1) is 17.1 Å². The average Bonchev–Trinajstić information content (AvgIpc) is 3.19. The first-order valence-electron chi connectivity index (χ1n) is 11.3. The van der Waals surface area contributed by atoms with Crippen LogP contribution in [0.2, 0.25) is 0 Å². The smallest absolute Gasteiger partial charge is 0.416 e. The van der Waals surface area contributed by atoms with Gasteiger partial charge in [-0.2, -0.15) is 13.2 Å². The first-order chi connectivity index (χ1) is 16.2. The number of rotatable bonds is 7. The molecule has 3 atom stereocenters. The Hall–Kier alpha value is -2.68. The van der Waals surface area contributed by atoms with Gasteiger partial charge < -0.3 is 15.2 Å². The standard InChI is InChI=1S/C26H30F3NO4S/c1-14(2)20-12-18-19(35-20)11-10-17(23(31)30-22(24(32)33)25(3,4)5)21(18)34-13-15-6-8-16(9-7-15)26(27,28)29/h6-12,14,18-19,22H,13H2,1-5H3,(H,30,31)(H,32,33)/t18?,19?,22-/m1/s1. The van der Waals surface area contributed by atoms with Crippen molar-refractivity contribution in [2.24, 2.45) is 17.3 Å². The van der Waals surface area contributed by atoms with Crippen molar-refractivity contribution < 1.29 is 32.6 Å². The highest BCUT2D eigenvalue weighted by atomic mass is 32.2. The van der Waals surface area contributed by atoms with Crippen LogP contribution in [-0.2, 0) is 27.1 Å². The number of carbonyl (C=O) groups excluding carboxylic acids is 1. The number of benzene rings is 1. The Morgan fingerprint density at radius 1 is 1.14 bits per heavy atom. The zero-order chi connectivity index (χ0) is 26.1. The zero-order valence-electron chi connectivity index (χ0n) is 20.3. The number of ether oxygens (including phenoxy) is 1. The molecule has 2 aliphatic rings. The molecule has 1 aromatic carbocycles. The molecule has 1 aromatic rings. The molecule has 190 valence electrons. The fourth-order valence-electron chi connectivity index (χ4n) is 3.88.